The lowest BCUT2D eigenvalue weighted by molar-refractivity contribution is -0.167. The molecule has 3 heterocycles. The zero-order chi connectivity index (χ0) is 25.0. The largest absolute Gasteiger partial charge is 0.387 e. The van der Waals surface area contributed by atoms with Crippen LogP contribution in [0, 0.1) is 0 Å². The molecule has 182 valence electrons. The maximum Gasteiger partial charge on any atom is 0.255 e. The van der Waals surface area contributed by atoms with Crippen molar-refractivity contribution in [2.75, 3.05) is 19.6 Å². The number of carbonyl (C=O) groups is 2. The minimum atomic E-state index is -1.22. The number of halogens is 1. The number of aromatic nitrogens is 1. The van der Waals surface area contributed by atoms with E-state index in [4.69, 9.17) is 11.6 Å². The molecule has 0 saturated carbocycles. The van der Waals surface area contributed by atoms with Gasteiger partial charge in [0.25, 0.3) is 5.91 Å². The topological polar surface area (TPSA) is 76.6 Å². The van der Waals surface area contributed by atoms with Crippen molar-refractivity contribution in [1.82, 2.24) is 14.8 Å². The van der Waals surface area contributed by atoms with Gasteiger partial charge in [-0.1, -0.05) is 78.3 Å². The van der Waals surface area contributed by atoms with Crippen LogP contribution in [-0.2, 0) is 15.1 Å². The molecule has 3 atom stereocenters. The van der Waals surface area contributed by atoms with Crippen LogP contribution in [0.1, 0.15) is 41.3 Å². The first-order chi connectivity index (χ1) is 17.4. The van der Waals surface area contributed by atoms with E-state index < -0.39 is 11.6 Å². The van der Waals surface area contributed by atoms with Gasteiger partial charge in [-0.15, -0.1) is 0 Å². The van der Waals surface area contributed by atoms with Gasteiger partial charge in [0.15, 0.2) is 5.54 Å². The highest BCUT2D eigenvalue weighted by atomic mass is 35.5. The van der Waals surface area contributed by atoms with Gasteiger partial charge in [0, 0.05) is 28.4 Å². The standard InChI is InChI=1S/C29H26ClN3O3/c1-29-27-26(20-12-6-8-14-23(20)31-27)21(19-11-5-7-13-22(19)30)15-33(29)25(35)17-32(28(29)36)16-24(34)18-9-3-2-4-10-18/h2-14,21,24,31,34H,15-17H2,1H3/t21-,24-,29-/m0/s1. The van der Waals surface area contributed by atoms with Crippen molar-refractivity contribution in [3.63, 3.8) is 0 Å². The van der Waals surface area contributed by atoms with Crippen LogP contribution < -0.4 is 0 Å². The van der Waals surface area contributed by atoms with Gasteiger partial charge < -0.3 is 19.9 Å². The fourth-order valence-corrected chi connectivity index (χ4v) is 6.12. The van der Waals surface area contributed by atoms with E-state index in [0.29, 0.717) is 22.8 Å². The molecule has 6 nitrogen and oxygen atoms in total. The van der Waals surface area contributed by atoms with E-state index in [0.717, 1.165) is 22.0 Å². The Bertz CT molecular complexity index is 1480. The van der Waals surface area contributed by atoms with Crippen LogP contribution in [0.25, 0.3) is 10.9 Å². The monoisotopic (exact) mass is 499 g/mol. The van der Waals surface area contributed by atoms with Gasteiger partial charge in [-0.05, 0) is 35.7 Å². The van der Waals surface area contributed by atoms with Crippen LogP contribution in [-0.4, -0.2) is 51.3 Å². The second-order valence-corrected chi connectivity index (χ2v) is 10.1. The molecule has 1 fully saturated rings. The summed E-state index contributed by atoms with van der Waals surface area (Å²) in [6.45, 7) is 2.12. The first kappa shape index (κ1) is 22.8. The van der Waals surface area contributed by atoms with Gasteiger partial charge in [-0.2, -0.15) is 0 Å². The number of nitrogens with zero attached hydrogens (tertiary/aromatic N) is 2. The van der Waals surface area contributed by atoms with E-state index in [-0.39, 0.29) is 30.8 Å². The smallest absolute Gasteiger partial charge is 0.255 e. The number of nitrogens with one attached hydrogen (secondary N) is 1. The van der Waals surface area contributed by atoms with Crippen LogP contribution in [0.15, 0.2) is 78.9 Å². The summed E-state index contributed by atoms with van der Waals surface area (Å²) in [7, 11) is 0. The van der Waals surface area contributed by atoms with E-state index in [1.165, 1.54) is 4.90 Å². The summed E-state index contributed by atoms with van der Waals surface area (Å²) in [6, 6.07) is 24.8. The minimum Gasteiger partial charge on any atom is -0.387 e. The average molecular weight is 500 g/mol. The number of benzene rings is 3. The Kier molecular flexibility index (Phi) is 5.39. The number of rotatable bonds is 4. The Morgan fingerprint density at radius 1 is 1.03 bits per heavy atom. The molecule has 0 bridgehead atoms. The van der Waals surface area contributed by atoms with Crippen LogP contribution in [0.4, 0.5) is 0 Å². The number of aliphatic hydroxyl groups excluding tert-OH is 1. The second kappa shape index (κ2) is 8.50. The van der Waals surface area contributed by atoms with Gasteiger partial charge in [0.2, 0.25) is 5.91 Å². The van der Waals surface area contributed by atoms with Crippen molar-refractivity contribution >= 4 is 34.3 Å². The van der Waals surface area contributed by atoms with Crippen LogP contribution >= 0.6 is 11.6 Å². The lowest BCUT2D eigenvalue weighted by atomic mass is 9.76. The van der Waals surface area contributed by atoms with Crippen molar-refractivity contribution < 1.29 is 14.7 Å². The Balaban J connectivity index is 1.48. The van der Waals surface area contributed by atoms with E-state index in [2.05, 4.69) is 4.98 Å². The fraction of sp³-hybridized carbons (Fsp3) is 0.241. The molecule has 2 aliphatic heterocycles. The van der Waals surface area contributed by atoms with Crippen LogP contribution in [0.3, 0.4) is 0 Å². The predicted molar refractivity (Wildman–Crippen MR) is 139 cm³/mol. The fourth-order valence-electron chi connectivity index (χ4n) is 5.85. The van der Waals surface area contributed by atoms with Crippen molar-refractivity contribution in [3.05, 3.63) is 106 Å². The van der Waals surface area contributed by atoms with E-state index in [9.17, 15) is 14.7 Å². The van der Waals surface area contributed by atoms with Gasteiger partial charge in [0.05, 0.1) is 24.9 Å². The maximum absolute atomic E-state index is 14.1. The number of hydrogen-bond donors (Lipinski definition) is 2. The number of β-amino-alcohol motifs (C(OH)–C–C–N with tert-alkyl or cyclic N) is 1. The first-order valence-electron chi connectivity index (χ1n) is 12.1. The number of H-pyrrole nitrogens is 1. The Labute approximate surface area is 214 Å². The summed E-state index contributed by atoms with van der Waals surface area (Å²) in [4.78, 5) is 34.4. The Morgan fingerprint density at radius 3 is 2.50 bits per heavy atom. The number of hydrogen-bond acceptors (Lipinski definition) is 3. The summed E-state index contributed by atoms with van der Waals surface area (Å²) in [5.41, 5.74) is 3.01. The van der Waals surface area contributed by atoms with Gasteiger partial charge in [-0.25, -0.2) is 0 Å². The van der Waals surface area contributed by atoms with Gasteiger partial charge in [-0.3, -0.25) is 9.59 Å². The normalized spacial score (nSPS) is 22.5. The van der Waals surface area contributed by atoms with Crippen molar-refractivity contribution in [2.45, 2.75) is 24.5 Å². The molecule has 4 aromatic rings. The lowest BCUT2D eigenvalue weighted by Crippen LogP contribution is -2.67. The molecule has 1 saturated heterocycles. The molecular weight excluding hydrogens is 474 g/mol. The highest BCUT2D eigenvalue weighted by Crippen LogP contribution is 2.49. The van der Waals surface area contributed by atoms with Crippen LogP contribution in [0.5, 0.6) is 0 Å². The number of piperazine rings is 1. The van der Waals surface area contributed by atoms with E-state index >= 15 is 0 Å². The molecule has 1 aromatic heterocycles. The molecule has 0 radical (unpaired) electrons. The quantitative estimate of drug-likeness (QED) is 0.431. The van der Waals surface area contributed by atoms with Gasteiger partial charge >= 0.3 is 0 Å². The van der Waals surface area contributed by atoms with Crippen molar-refractivity contribution in [2.24, 2.45) is 0 Å². The average Bonchev–Trinajstić information content (AvgIpc) is 3.29. The highest BCUT2D eigenvalue weighted by molar-refractivity contribution is 6.31. The number of aromatic amines is 1. The van der Waals surface area contributed by atoms with Gasteiger partial charge in [0.1, 0.15) is 0 Å². The minimum absolute atomic E-state index is 0.0432. The molecule has 0 unspecified atom stereocenters. The highest BCUT2D eigenvalue weighted by Gasteiger charge is 2.56. The number of fused-ring (bicyclic) bond motifs is 5. The summed E-state index contributed by atoms with van der Waals surface area (Å²) in [5, 5.41) is 12.5. The number of para-hydroxylation sites is 1. The third kappa shape index (κ3) is 3.36. The summed E-state index contributed by atoms with van der Waals surface area (Å²) < 4.78 is 0. The molecule has 0 spiro atoms. The Morgan fingerprint density at radius 2 is 1.72 bits per heavy atom. The van der Waals surface area contributed by atoms with E-state index in [1.54, 1.807) is 4.90 Å². The molecule has 2 amide bonds. The zero-order valence-corrected chi connectivity index (χ0v) is 20.6. The Hall–Kier alpha value is -3.61. The summed E-state index contributed by atoms with van der Waals surface area (Å²) >= 11 is 6.64. The summed E-state index contributed by atoms with van der Waals surface area (Å²) in [5.74, 6) is -0.544. The molecule has 3 aromatic carbocycles. The molecule has 36 heavy (non-hydrogen) atoms. The summed E-state index contributed by atoms with van der Waals surface area (Å²) in [6.07, 6.45) is -0.889. The van der Waals surface area contributed by atoms with Crippen molar-refractivity contribution in [3.8, 4) is 0 Å². The third-order valence-corrected chi connectivity index (χ3v) is 8.02. The molecule has 2 aliphatic rings. The molecular formula is C29H26ClN3O3. The first-order valence-corrected chi connectivity index (χ1v) is 12.5. The third-order valence-electron chi connectivity index (χ3n) is 7.68. The molecule has 0 aliphatic carbocycles. The predicted octanol–water partition coefficient (Wildman–Crippen LogP) is 4.59. The number of carbonyl (C=O) groups excluding carboxylic acids is 2. The maximum atomic E-state index is 14.1. The number of aliphatic hydroxyl groups is 1. The van der Waals surface area contributed by atoms with Crippen LogP contribution in [0.2, 0.25) is 5.02 Å². The number of amides is 2. The molecule has 2 N–H and O–H groups in total. The lowest BCUT2D eigenvalue weighted by Gasteiger charge is -2.51. The zero-order valence-electron chi connectivity index (χ0n) is 19.8. The SMILES string of the molecule is C[C@]12C(=O)N(C[C@H](O)c3ccccc3)CC(=O)N1C[C@@H](c1ccccc1Cl)c1c2[nH]c2ccccc12. The second-order valence-electron chi connectivity index (χ2n) is 9.72. The van der Waals surface area contributed by atoms with Crippen molar-refractivity contribution in [1.29, 1.82) is 0 Å². The molecule has 6 rings (SSSR count). The molecule has 7 heteroatoms. The van der Waals surface area contributed by atoms with E-state index in [1.807, 2.05) is 85.8 Å².